The van der Waals surface area contributed by atoms with Crippen LogP contribution in [0.5, 0.6) is 0 Å². The molecule has 0 spiro atoms. The minimum atomic E-state index is -4.16. The van der Waals surface area contributed by atoms with Gasteiger partial charge in [0.2, 0.25) is 0 Å². The molecule has 0 aromatic heterocycles. The molecule has 174 valence electrons. The Morgan fingerprint density at radius 1 is 0.862 bits per heavy atom. The summed E-state index contributed by atoms with van der Waals surface area (Å²) in [6, 6.07) is 0. The third kappa shape index (κ3) is 15.5. The molecule has 2 unspecified atom stereocenters. The Labute approximate surface area is 180 Å². The number of unbranched alkanes of at least 4 members (excludes halogenated alkanes) is 13. The first-order valence-electron chi connectivity index (χ1n) is 12.3. The smallest absolute Gasteiger partial charge is 0.268 e. The Bertz CT molecular complexity index is 445. The fraction of sp³-hybridized carbons (Fsp3) is 1.00. The van der Waals surface area contributed by atoms with Gasteiger partial charge in [0.1, 0.15) is 12.6 Å². The molecule has 1 heterocycles. The van der Waals surface area contributed by atoms with Gasteiger partial charge < -0.3 is 18.4 Å². The second kappa shape index (κ2) is 15.8. The van der Waals surface area contributed by atoms with Gasteiger partial charge in [0.05, 0.1) is 27.2 Å². The summed E-state index contributed by atoms with van der Waals surface area (Å²) in [5, 5.41) is 0. The number of hydrogen-bond donors (Lipinski definition) is 0. The van der Waals surface area contributed by atoms with Crippen molar-refractivity contribution in [1.29, 1.82) is 0 Å². The molecule has 0 bridgehead atoms. The van der Waals surface area contributed by atoms with Gasteiger partial charge in [-0.15, -0.1) is 0 Å². The monoisotopic (exact) mass is 433 g/mol. The standard InChI is InChI=1S/C23H48NO4P/c1-4-5-6-7-8-9-10-11-12-13-14-15-16-17-21-27-29(25,26)28-23-19-18-20-24(2,3)22-23/h23H,4-22H2,1-3H3. The van der Waals surface area contributed by atoms with Crippen LogP contribution in [-0.4, -0.2) is 44.4 Å². The SMILES string of the molecule is CCCCCCCCCCCCCCCCOP(=O)([O-])OC1CCC[N+](C)(C)C1. The largest absolute Gasteiger partial charge is 0.756 e. The van der Waals surface area contributed by atoms with Crippen molar-refractivity contribution in [2.24, 2.45) is 0 Å². The molecule has 0 saturated carbocycles. The molecule has 0 aliphatic carbocycles. The molecule has 0 amide bonds. The first-order chi connectivity index (χ1) is 13.8. The Morgan fingerprint density at radius 3 is 1.83 bits per heavy atom. The predicted molar refractivity (Wildman–Crippen MR) is 120 cm³/mol. The van der Waals surface area contributed by atoms with E-state index in [1.165, 1.54) is 77.0 Å². The Kier molecular flexibility index (Phi) is 14.8. The number of hydrogen-bond acceptors (Lipinski definition) is 4. The van der Waals surface area contributed by atoms with Crippen molar-refractivity contribution < 1.29 is 23.0 Å². The lowest BCUT2D eigenvalue weighted by atomic mass is 10.0. The van der Waals surface area contributed by atoms with Crippen LogP contribution >= 0.6 is 7.82 Å². The molecule has 1 aliphatic heterocycles. The van der Waals surface area contributed by atoms with E-state index in [4.69, 9.17) is 9.05 Å². The lowest BCUT2D eigenvalue weighted by Crippen LogP contribution is -2.50. The highest BCUT2D eigenvalue weighted by molar-refractivity contribution is 7.45. The average molecular weight is 434 g/mol. The topological polar surface area (TPSA) is 58.6 Å². The van der Waals surface area contributed by atoms with Crippen LogP contribution in [0.25, 0.3) is 0 Å². The molecule has 6 heteroatoms. The maximum Gasteiger partial charge on any atom is 0.268 e. The van der Waals surface area contributed by atoms with Crippen LogP contribution in [0.4, 0.5) is 0 Å². The number of piperidine rings is 1. The zero-order chi connectivity index (χ0) is 21.4. The number of rotatable bonds is 18. The molecule has 1 rings (SSSR count). The van der Waals surface area contributed by atoms with Crippen LogP contribution in [0.15, 0.2) is 0 Å². The summed E-state index contributed by atoms with van der Waals surface area (Å²) in [6.07, 6.45) is 19.5. The summed E-state index contributed by atoms with van der Waals surface area (Å²) >= 11 is 0. The molecule has 2 atom stereocenters. The van der Waals surface area contributed by atoms with Crippen LogP contribution in [0.1, 0.15) is 110 Å². The van der Waals surface area contributed by atoms with Gasteiger partial charge in [-0.3, -0.25) is 4.57 Å². The van der Waals surface area contributed by atoms with E-state index in [0.29, 0.717) is 0 Å². The number of phosphoric ester groups is 1. The second-order valence-corrected chi connectivity index (χ2v) is 11.0. The normalized spacial score (nSPS) is 21.2. The summed E-state index contributed by atoms with van der Waals surface area (Å²) < 4.78 is 23.2. The van der Waals surface area contributed by atoms with Gasteiger partial charge >= 0.3 is 0 Å². The molecular formula is C23H48NO4P. The zero-order valence-corrected chi connectivity index (χ0v) is 20.4. The van der Waals surface area contributed by atoms with E-state index in [1.54, 1.807) is 0 Å². The lowest BCUT2D eigenvalue weighted by Gasteiger charge is -2.39. The van der Waals surface area contributed by atoms with Crippen LogP contribution in [-0.2, 0) is 13.6 Å². The highest BCUT2D eigenvalue weighted by Gasteiger charge is 2.30. The maximum absolute atomic E-state index is 12.0. The van der Waals surface area contributed by atoms with Gasteiger partial charge in [-0.1, -0.05) is 90.4 Å². The Balaban J connectivity index is 1.89. The Morgan fingerprint density at radius 2 is 1.34 bits per heavy atom. The van der Waals surface area contributed by atoms with E-state index in [0.717, 1.165) is 43.3 Å². The maximum atomic E-state index is 12.0. The van der Waals surface area contributed by atoms with E-state index in [2.05, 4.69) is 21.0 Å². The molecule has 0 N–H and O–H groups in total. The zero-order valence-electron chi connectivity index (χ0n) is 19.5. The number of likely N-dealkylation sites (tertiary alicyclic amines) is 1. The molecule has 1 fully saturated rings. The van der Waals surface area contributed by atoms with Crippen LogP contribution in [0, 0.1) is 0 Å². The van der Waals surface area contributed by atoms with E-state index in [9.17, 15) is 9.46 Å². The molecule has 0 radical (unpaired) electrons. The first-order valence-corrected chi connectivity index (χ1v) is 13.8. The molecule has 29 heavy (non-hydrogen) atoms. The van der Waals surface area contributed by atoms with Crippen molar-refractivity contribution in [2.75, 3.05) is 33.8 Å². The van der Waals surface area contributed by atoms with Gasteiger partial charge in [-0.2, -0.15) is 0 Å². The average Bonchev–Trinajstić information content (AvgIpc) is 2.63. The van der Waals surface area contributed by atoms with E-state index in [-0.39, 0.29) is 12.7 Å². The molecule has 0 aromatic carbocycles. The summed E-state index contributed by atoms with van der Waals surface area (Å²) in [4.78, 5) is 12.0. The summed E-state index contributed by atoms with van der Waals surface area (Å²) in [6.45, 7) is 4.32. The van der Waals surface area contributed by atoms with Crippen LogP contribution in [0.2, 0.25) is 0 Å². The second-order valence-electron chi connectivity index (χ2n) is 9.59. The van der Waals surface area contributed by atoms with Crippen molar-refractivity contribution >= 4 is 7.82 Å². The lowest BCUT2D eigenvalue weighted by molar-refractivity contribution is -0.898. The fourth-order valence-corrected chi connectivity index (χ4v) is 5.20. The molecular weight excluding hydrogens is 385 g/mol. The van der Waals surface area contributed by atoms with E-state index >= 15 is 0 Å². The van der Waals surface area contributed by atoms with Crippen molar-refractivity contribution in [3.05, 3.63) is 0 Å². The number of nitrogens with zero attached hydrogens (tertiary/aromatic N) is 1. The number of likely N-dealkylation sites (N-methyl/N-ethyl adjacent to an activating group) is 1. The van der Waals surface area contributed by atoms with Gasteiger partial charge in [-0.05, 0) is 19.3 Å². The van der Waals surface area contributed by atoms with Crippen molar-refractivity contribution in [1.82, 2.24) is 0 Å². The van der Waals surface area contributed by atoms with E-state index in [1.807, 2.05) is 0 Å². The highest BCUT2D eigenvalue weighted by Crippen LogP contribution is 2.41. The van der Waals surface area contributed by atoms with E-state index < -0.39 is 7.82 Å². The first kappa shape index (κ1) is 27.1. The number of quaternary nitrogens is 1. The third-order valence-corrected chi connectivity index (χ3v) is 7.07. The number of phosphoric acid groups is 1. The third-order valence-electron chi connectivity index (χ3n) is 6.01. The van der Waals surface area contributed by atoms with Crippen molar-refractivity contribution in [3.8, 4) is 0 Å². The van der Waals surface area contributed by atoms with Crippen LogP contribution in [0.3, 0.4) is 0 Å². The van der Waals surface area contributed by atoms with Crippen molar-refractivity contribution in [2.45, 2.75) is 116 Å². The molecule has 0 aromatic rings. The summed E-state index contributed by atoms with van der Waals surface area (Å²) in [5.41, 5.74) is 0. The quantitative estimate of drug-likeness (QED) is 0.146. The minimum Gasteiger partial charge on any atom is -0.756 e. The fourth-order valence-electron chi connectivity index (χ4n) is 4.25. The highest BCUT2D eigenvalue weighted by atomic mass is 31.2. The Hall–Kier alpha value is 0.0700. The van der Waals surface area contributed by atoms with Gasteiger partial charge in [0, 0.05) is 0 Å². The minimum absolute atomic E-state index is 0.238. The summed E-state index contributed by atoms with van der Waals surface area (Å²) in [7, 11) is 0.0599. The van der Waals surface area contributed by atoms with Gasteiger partial charge in [-0.25, -0.2) is 0 Å². The molecule has 1 saturated heterocycles. The van der Waals surface area contributed by atoms with Crippen molar-refractivity contribution in [3.63, 3.8) is 0 Å². The van der Waals surface area contributed by atoms with Gasteiger partial charge in [0.15, 0.2) is 0 Å². The van der Waals surface area contributed by atoms with Crippen LogP contribution < -0.4 is 4.89 Å². The molecule has 5 nitrogen and oxygen atoms in total. The predicted octanol–water partition coefficient (Wildman–Crippen LogP) is 6.21. The van der Waals surface area contributed by atoms with Gasteiger partial charge in [0.25, 0.3) is 7.82 Å². The summed E-state index contributed by atoms with van der Waals surface area (Å²) in [5.74, 6) is 0. The molecule has 1 aliphatic rings.